The maximum Gasteiger partial charge on any atom is 0.146 e. The minimum atomic E-state index is -0.352. The molecule has 0 aliphatic carbocycles. The van der Waals surface area contributed by atoms with Gasteiger partial charge in [-0.05, 0) is 6.07 Å². The molecule has 0 aliphatic heterocycles. The minimum absolute atomic E-state index is 0. The fourth-order valence-corrected chi connectivity index (χ4v) is 1.56. The Labute approximate surface area is 189 Å². The van der Waals surface area contributed by atoms with E-state index in [9.17, 15) is 4.39 Å². The van der Waals surface area contributed by atoms with Gasteiger partial charge in [0.05, 0.1) is 5.02 Å². The Kier molecular flexibility index (Phi) is 15.8. The molecule has 17 heavy (non-hydrogen) atoms. The second-order valence-electron chi connectivity index (χ2n) is 3.28. The molecule has 0 spiro atoms. The Bertz CT molecular complexity index is 326. The zero-order valence-corrected chi connectivity index (χ0v) is 14.9. The molecule has 0 unspecified atom stereocenters. The molecule has 0 bridgehead atoms. The van der Waals surface area contributed by atoms with Crippen molar-refractivity contribution in [2.24, 2.45) is 5.73 Å². The smallest absolute Gasteiger partial charge is 0.146 e. The van der Waals surface area contributed by atoms with Crippen LogP contribution in [0.4, 0.5) is 4.39 Å². The van der Waals surface area contributed by atoms with Crippen molar-refractivity contribution < 1.29 is 103 Å². The van der Waals surface area contributed by atoms with Crippen molar-refractivity contribution in [3.63, 3.8) is 0 Å². The van der Waals surface area contributed by atoms with Crippen LogP contribution in [0.25, 0.3) is 0 Å². The van der Waals surface area contributed by atoms with E-state index in [-0.39, 0.29) is 110 Å². The van der Waals surface area contributed by atoms with Crippen molar-refractivity contribution in [3.8, 4) is 0 Å². The van der Waals surface area contributed by atoms with Crippen LogP contribution < -0.4 is 5.73 Å². The van der Waals surface area contributed by atoms with E-state index in [4.69, 9.17) is 17.3 Å². The Morgan fingerprint density at radius 2 is 2.00 bits per heavy atom. The SMILES string of the molecule is [CH2-]CN(CCN)Cc1cccc(Cl)c1F.[Eu].[Eu]. The number of benzene rings is 1. The molecule has 0 amide bonds. The molecule has 2 radical (unpaired) electrons. The summed E-state index contributed by atoms with van der Waals surface area (Å²) in [7, 11) is 0. The van der Waals surface area contributed by atoms with Gasteiger partial charge in [0.2, 0.25) is 0 Å². The van der Waals surface area contributed by atoms with Crippen LogP contribution in [-0.2, 0) is 6.54 Å². The number of hydrogen-bond donors (Lipinski definition) is 1. The summed E-state index contributed by atoms with van der Waals surface area (Å²) in [5.74, 6) is -0.352. The Morgan fingerprint density at radius 1 is 1.35 bits per heavy atom. The number of rotatable bonds is 5. The second kappa shape index (κ2) is 12.3. The molecule has 6 heteroatoms. The van der Waals surface area contributed by atoms with E-state index in [2.05, 4.69) is 6.92 Å². The Morgan fingerprint density at radius 3 is 2.53 bits per heavy atom. The van der Waals surface area contributed by atoms with Crippen LogP contribution in [0.2, 0.25) is 5.02 Å². The van der Waals surface area contributed by atoms with E-state index in [1.54, 1.807) is 12.1 Å². The first-order chi connectivity index (χ1) is 7.19. The summed E-state index contributed by atoms with van der Waals surface area (Å²) in [6.07, 6.45) is 0. The predicted molar refractivity (Wildman–Crippen MR) is 61.1 cm³/mol. The van der Waals surface area contributed by atoms with Gasteiger partial charge in [-0.2, -0.15) is 0 Å². The minimum Gasteiger partial charge on any atom is -0.330 e. The van der Waals surface area contributed by atoms with Gasteiger partial charge in [0.1, 0.15) is 5.82 Å². The molecule has 0 saturated heterocycles. The molecule has 0 heterocycles. The summed E-state index contributed by atoms with van der Waals surface area (Å²) in [4.78, 5) is 1.97. The maximum absolute atomic E-state index is 13.5. The van der Waals surface area contributed by atoms with Gasteiger partial charge in [-0.25, -0.2) is 4.39 Å². The van der Waals surface area contributed by atoms with Gasteiger partial charge in [0.25, 0.3) is 0 Å². The molecular formula is C11H15ClEu2FN2-. The van der Waals surface area contributed by atoms with Gasteiger partial charge in [0, 0.05) is 124 Å². The van der Waals surface area contributed by atoms with Crippen LogP contribution >= 0.6 is 11.6 Å². The normalized spacial score (nSPS) is 9.71. The zero-order valence-electron chi connectivity index (χ0n) is 9.30. The second-order valence-corrected chi connectivity index (χ2v) is 3.68. The van der Waals surface area contributed by atoms with Gasteiger partial charge < -0.3 is 17.6 Å². The van der Waals surface area contributed by atoms with Gasteiger partial charge in [0.15, 0.2) is 0 Å². The van der Waals surface area contributed by atoms with Crippen LogP contribution in [-0.4, -0.2) is 24.5 Å². The molecule has 0 atom stereocenters. The summed E-state index contributed by atoms with van der Waals surface area (Å²) >= 11 is 5.68. The molecule has 0 aliphatic rings. The third kappa shape index (κ3) is 7.77. The summed E-state index contributed by atoms with van der Waals surface area (Å²) < 4.78 is 13.5. The van der Waals surface area contributed by atoms with E-state index >= 15 is 0 Å². The van der Waals surface area contributed by atoms with Crippen molar-refractivity contribution in [1.82, 2.24) is 4.90 Å². The Hall–Kier alpha value is 2.53. The molecule has 0 aromatic heterocycles. The van der Waals surface area contributed by atoms with Crippen molar-refractivity contribution in [3.05, 3.63) is 41.5 Å². The average molecular weight is 534 g/mol. The number of nitrogens with zero attached hydrogens (tertiary/aromatic N) is 1. The summed E-state index contributed by atoms with van der Waals surface area (Å²) in [5.41, 5.74) is 6.02. The largest absolute Gasteiger partial charge is 0.330 e. The van der Waals surface area contributed by atoms with Crippen LogP contribution in [0.1, 0.15) is 5.56 Å². The summed E-state index contributed by atoms with van der Waals surface area (Å²) in [5, 5.41) is 0.157. The zero-order chi connectivity index (χ0) is 11.3. The fourth-order valence-electron chi connectivity index (χ4n) is 1.36. The first kappa shape index (κ1) is 21.8. The van der Waals surface area contributed by atoms with E-state index in [0.29, 0.717) is 31.7 Å². The Balaban J connectivity index is 0. The average Bonchev–Trinajstić information content (AvgIpc) is 2.24. The molecule has 1 aromatic rings. The fraction of sp³-hybridized carbons (Fsp3) is 0.364. The molecule has 2 N–H and O–H groups in total. The van der Waals surface area contributed by atoms with E-state index in [1.165, 1.54) is 6.07 Å². The number of halogens is 2. The summed E-state index contributed by atoms with van der Waals surface area (Å²) in [6.45, 7) is 6.10. The summed E-state index contributed by atoms with van der Waals surface area (Å²) in [6, 6.07) is 5.00. The van der Waals surface area contributed by atoms with Crippen molar-refractivity contribution in [2.45, 2.75) is 6.54 Å². The monoisotopic (exact) mass is 535 g/mol. The topological polar surface area (TPSA) is 29.3 Å². The third-order valence-corrected chi connectivity index (χ3v) is 2.48. The quantitative estimate of drug-likeness (QED) is 0.588. The van der Waals surface area contributed by atoms with Crippen LogP contribution in [0, 0.1) is 111 Å². The van der Waals surface area contributed by atoms with E-state index < -0.39 is 0 Å². The van der Waals surface area contributed by atoms with Crippen LogP contribution in [0.15, 0.2) is 18.2 Å². The van der Waals surface area contributed by atoms with E-state index in [1.807, 2.05) is 4.90 Å². The van der Waals surface area contributed by atoms with E-state index in [0.717, 1.165) is 0 Å². The standard InChI is InChI=1S/C11H15ClFN2.2Eu/c1-2-15(7-6-14)8-9-4-3-5-10(12)11(9)13;;/h3-5H,1-2,6-8,14H2;;/q-1;;. The number of hydrogen-bond acceptors (Lipinski definition) is 2. The number of nitrogens with two attached hydrogens (primary N) is 1. The van der Waals surface area contributed by atoms with Gasteiger partial charge >= 0.3 is 0 Å². The third-order valence-electron chi connectivity index (χ3n) is 2.19. The first-order valence-electron chi connectivity index (χ1n) is 4.83. The molecule has 1 aromatic carbocycles. The van der Waals surface area contributed by atoms with Crippen LogP contribution in [0.3, 0.4) is 0 Å². The molecule has 0 fully saturated rings. The van der Waals surface area contributed by atoms with Gasteiger partial charge in [-0.3, -0.25) is 0 Å². The van der Waals surface area contributed by atoms with Gasteiger partial charge in [-0.1, -0.05) is 23.7 Å². The molecule has 98 valence electrons. The molecular weight excluding hydrogens is 519 g/mol. The van der Waals surface area contributed by atoms with Crippen LogP contribution in [0.5, 0.6) is 0 Å². The maximum atomic E-state index is 13.5. The predicted octanol–water partition coefficient (Wildman–Crippen LogP) is 2.07. The van der Waals surface area contributed by atoms with Crippen molar-refractivity contribution in [2.75, 3.05) is 19.6 Å². The van der Waals surface area contributed by atoms with Crippen molar-refractivity contribution >= 4 is 11.6 Å². The molecule has 0 saturated carbocycles. The molecule has 1 rings (SSSR count). The molecule has 2 nitrogen and oxygen atoms in total. The first-order valence-corrected chi connectivity index (χ1v) is 5.21. The van der Waals surface area contributed by atoms with Gasteiger partial charge in [-0.15, -0.1) is 6.54 Å². The van der Waals surface area contributed by atoms with Crippen molar-refractivity contribution in [1.29, 1.82) is 0 Å².